The molecule has 0 aliphatic rings. The fourth-order valence-electron chi connectivity index (χ4n) is 2.75. The number of pyridine rings is 1. The average molecular weight is 390 g/mol. The Bertz CT molecular complexity index is 1200. The molecule has 1 amide bonds. The van der Waals surface area contributed by atoms with Crippen molar-refractivity contribution in [1.82, 2.24) is 9.97 Å². The molecule has 0 bridgehead atoms. The molecule has 8 heteroatoms. The van der Waals surface area contributed by atoms with Crippen LogP contribution in [-0.4, -0.2) is 20.8 Å². The quantitative estimate of drug-likeness (QED) is 0.398. The second-order valence-electron chi connectivity index (χ2n) is 6.16. The van der Waals surface area contributed by atoms with Gasteiger partial charge in [-0.15, -0.1) is 11.3 Å². The number of nitro groups is 1. The lowest BCUT2D eigenvalue weighted by Crippen LogP contribution is -2.11. The van der Waals surface area contributed by atoms with Gasteiger partial charge in [-0.05, 0) is 37.3 Å². The summed E-state index contributed by atoms with van der Waals surface area (Å²) in [7, 11) is 0. The Labute approximate surface area is 163 Å². The van der Waals surface area contributed by atoms with Crippen LogP contribution in [0.4, 0.5) is 10.8 Å². The highest BCUT2D eigenvalue weighted by molar-refractivity contribution is 7.14. The van der Waals surface area contributed by atoms with E-state index in [1.165, 1.54) is 23.5 Å². The molecular weight excluding hydrogens is 376 g/mol. The molecule has 0 fully saturated rings. The minimum Gasteiger partial charge on any atom is -0.298 e. The van der Waals surface area contributed by atoms with E-state index in [-0.39, 0.29) is 11.6 Å². The fourth-order valence-corrected chi connectivity index (χ4v) is 3.46. The predicted molar refractivity (Wildman–Crippen MR) is 109 cm³/mol. The number of benzene rings is 2. The summed E-state index contributed by atoms with van der Waals surface area (Å²) < 4.78 is 0. The highest BCUT2D eigenvalue weighted by Crippen LogP contribution is 2.27. The molecule has 7 nitrogen and oxygen atoms in total. The Balaban J connectivity index is 1.53. The first-order valence-electron chi connectivity index (χ1n) is 8.39. The number of aryl methyl sites for hydroxylation is 1. The van der Waals surface area contributed by atoms with Crippen molar-refractivity contribution < 1.29 is 9.72 Å². The van der Waals surface area contributed by atoms with Gasteiger partial charge < -0.3 is 0 Å². The number of hydrogen-bond donors (Lipinski definition) is 1. The molecule has 0 saturated carbocycles. The van der Waals surface area contributed by atoms with Gasteiger partial charge in [-0.2, -0.15) is 0 Å². The normalized spacial score (nSPS) is 10.8. The molecule has 0 aliphatic heterocycles. The number of nitrogens with zero attached hydrogens (tertiary/aromatic N) is 3. The average Bonchev–Trinajstić information content (AvgIpc) is 3.16. The van der Waals surface area contributed by atoms with Crippen LogP contribution in [0.5, 0.6) is 0 Å². The molecule has 2 heterocycles. The van der Waals surface area contributed by atoms with Gasteiger partial charge in [-0.25, -0.2) is 4.98 Å². The van der Waals surface area contributed by atoms with Gasteiger partial charge >= 0.3 is 0 Å². The molecule has 2 aromatic carbocycles. The first-order valence-corrected chi connectivity index (χ1v) is 9.27. The number of hydrogen-bond acceptors (Lipinski definition) is 6. The minimum absolute atomic E-state index is 0.0210. The third-order valence-corrected chi connectivity index (χ3v) is 4.95. The van der Waals surface area contributed by atoms with Crippen LogP contribution in [0.1, 0.15) is 16.1 Å². The SMILES string of the molecule is Cc1ccc2ccc(C(=O)Nc3nc(-c4ccc([N+](=O)[O-])cc4)cs3)cc2n1. The van der Waals surface area contributed by atoms with Gasteiger partial charge in [-0.3, -0.25) is 25.2 Å². The van der Waals surface area contributed by atoms with E-state index in [2.05, 4.69) is 15.3 Å². The summed E-state index contributed by atoms with van der Waals surface area (Å²) in [5.74, 6) is -0.269. The van der Waals surface area contributed by atoms with E-state index in [4.69, 9.17) is 0 Å². The predicted octanol–water partition coefficient (Wildman–Crippen LogP) is 4.83. The molecule has 0 unspecified atom stereocenters. The number of fused-ring (bicyclic) bond motifs is 1. The summed E-state index contributed by atoms with van der Waals surface area (Å²) in [6, 6.07) is 15.4. The van der Waals surface area contributed by atoms with Crippen molar-refractivity contribution in [1.29, 1.82) is 0 Å². The lowest BCUT2D eigenvalue weighted by Gasteiger charge is -2.04. The van der Waals surface area contributed by atoms with Crippen LogP contribution in [0, 0.1) is 17.0 Å². The monoisotopic (exact) mass is 390 g/mol. The van der Waals surface area contributed by atoms with Crippen LogP contribution in [0.2, 0.25) is 0 Å². The highest BCUT2D eigenvalue weighted by Gasteiger charge is 2.12. The van der Waals surface area contributed by atoms with Gasteiger partial charge in [0.2, 0.25) is 0 Å². The summed E-state index contributed by atoms with van der Waals surface area (Å²) in [4.78, 5) is 31.7. The maximum absolute atomic E-state index is 12.6. The maximum Gasteiger partial charge on any atom is 0.269 e. The van der Waals surface area contributed by atoms with Gasteiger partial charge in [-0.1, -0.05) is 12.1 Å². The van der Waals surface area contributed by atoms with Gasteiger partial charge in [0, 0.05) is 39.7 Å². The zero-order valence-corrected chi connectivity index (χ0v) is 15.6. The van der Waals surface area contributed by atoms with E-state index >= 15 is 0 Å². The van der Waals surface area contributed by atoms with Crippen molar-refractivity contribution >= 4 is 39.0 Å². The molecule has 4 rings (SSSR count). The van der Waals surface area contributed by atoms with Gasteiger partial charge in [0.25, 0.3) is 11.6 Å². The second-order valence-corrected chi connectivity index (χ2v) is 7.01. The number of amides is 1. The number of nitro benzene ring substituents is 1. The molecule has 4 aromatic rings. The van der Waals surface area contributed by atoms with Crippen LogP contribution in [0.3, 0.4) is 0 Å². The van der Waals surface area contributed by atoms with Crippen LogP contribution in [0.25, 0.3) is 22.2 Å². The first kappa shape index (κ1) is 17.7. The summed E-state index contributed by atoms with van der Waals surface area (Å²) in [6.45, 7) is 1.90. The maximum atomic E-state index is 12.6. The van der Waals surface area contributed by atoms with E-state index in [1.54, 1.807) is 29.6 Å². The Hall–Kier alpha value is -3.65. The number of nitrogens with one attached hydrogen (secondary N) is 1. The highest BCUT2D eigenvalue weighted by atomic mass is 32.1. The van der Waals surface area contributed by atoms with Crippen molar-refractivity contribution in [2.75, 3.05) is 5.32 Å². The van der Waals surface area contributed by atoms with Gasteiger partial charge in [0.05, 0.1) is 16.1 Å². The van der Waals surface area contributed by atoms with Gasteiger partial charge in [0.15, 0.2) is 5.13 Å². The van der Waals surface area contributed by atoms with Crippen LogP contribution in [-0.2, 0) is 0 Å². The van der Waals surface area contributed by atoms with Crippen molar-refractivity contribution in [3.8, 4) is 11.3 Å². The van der Waals surface area contributed by atoms with E-state index in [1.807, 2.05) is 25.1 Å². The molecule has 28 heavy (non-hydrogen) atoms. The Morgan fingerprint density at radius 3 is 2.57 bits per heavy atom. The van der Waals surface area contributed by atoms with Crippen molar-refractivity contribution in [2.24, 2.45) is 0 Å². The number of rotatable bonds is 4. The number of carbonyl (C=O) groups is 1. The molecule has 0 aliphatic carbocycles. The molecule has 138 valence electrons. The zero-order chi connectivity index (χ0) is 19.7. The number of carbonyl (C=O) groups excluding carboxylic acids is 1. The number of anilines is 1. The molecular formula is C20H14N4O3S. The molecule has 0 radical (unpaired) electrons. The summed E-state index contributed by atoms with van der Waals surface area (Å²) >= 11 is 1.29. The molecule has 1 N–H and O–H groups in total. The minimum atomic E-state index is -0.448. The zero-order valence-electron chi connectivity index (χ0n) is 14.7. The second kappa shape index (κ2) is 7.16. The van der Waals surface area contributed by atoms with Crippen LogP contribution < -0.4 is 5.32 Å². The van der Waals surface area contributed by atoms with Crippen molar-refractivity contribution in [2.45, 2.75) is 6.92 Å². The Morgan fingerprint density at radius 1 is 1.07 bits per heavy atom. The molecule has 2 aromatic heterocycles. The standard InChI is InChI=1S/C20H14N4O3S/c1-12-2-3-13-4-5-15(10-17(13)21-12)19(25)23-20-22-18(11-28-20)14-6-8-16(9-7-14)24(26)27/h2-11H,1H3,(H,22,23,25). The largest absolute Gasteiger partial charge is 0.298 e. The van der Waals surface area contributed by atoms with E-state index in [9.17, 15) is 14.9 Å². The van der Waals surface area contributed by atoms with E-state index < -0.39 is 4.92 Å². The van der Waals surface area contributed by atoms with Gasteiger partial charge in [0.1, 0.15) is 0 Å². The number of thiazole rings is 1. The number of non-ortho nitro benzene ring substituents is 1. The fraction of sp³-hybridized carbons (Fsp3) is 0.0500. The van der Waals surface area contributed by atoms with Crippen LogP contribution >= 0.6 is 11.3 Å². The number of aromatic nitrogens is 2. The Morgan fingerprint density at radius 2 is 1.82 bits per heavy atom. The smallest absolute Gasteiger partial charge is 0.269 e. The molecule has 0 spiro atoms. The summed E-state index contributed by atoms with van der Waals surface area (Å²) in [5.41, 5.74) is 3.56. The van der Waals surface area contributed by atoms with Crippen LogP contribution in [0.15, 0.2) is 60.0 Å². The first-order chi connectivity index (χ1) is 13.5. The molecule has 0 atom stereocenters. The third-order valence-electron chi connectivity index (χ3n) is 4.19. The molecule has 0 saturated heterocycles. The summed E-state index contributed by atoms with van der Waals surface area (Å²) in [5, 5.41) is 16.8. The van der Waals surface area contributed by atoms with Crippen molar-refractivity contribution in [3.63, 3.8) is 0 Å². The van der Waals surface area contributed by atoms with E-state index in [0.717, 1.165) is 22.2 Å². The van der Waals surface area contributed by atoms with E-state index in [0.29, 0.717) is 16.4 Å². The lowest BCUT2D eigenvalue weighted by molar-refractivity contribution is -0.384. The third kappa shape index (κ3) is 3.58. The topological polar surface area (TPSA) is 98.0 Å². The summed E-state index contributed by atoms with van der Waals surface area (Å²) in [6.07, 6.45) is 0. The Kier molecular flexibility index (Phi) is 4.54. The van der Waals surface area contributed by atoms with Crippen molar-refractivity contribution in [3.05, 3.63) is 81.3 Å². The lowest BCUT2D eigenvalue weighted by atomic mass is 10.1.